The number of halogens is 3. The average Bonchev–Trinajstić information content (AvgIpc) is 3.78. The van der Waals surface area contributed by atoms with E-state index < -0.39 is 33.4 Å². The molecule has 1 N–H and O–H groups in total. The van der Waals surface area contributed by atoms with Crippen LogP contribution in [0, 0.1) is 6.92 Å². The zero-order valence-corrected chi connectivity index (χ0v) is 25.7. The first-order chi connectivity index (χ1) is 21.4. The van der Waals surface area contributed by atoms with Gasteiger partial charge in [0.25, 0.3) is 0 Å². The fraction of sp³-hybridized carbons (Fsp3) is 0.469. The second-order valence-corrected chi connectivity index (χ2v) is 14.2. The van der Waals surface area contributed by atoms with Crippen molar-refractivity contribution in [2.45, 2.75) is 75.6 Å². The van der Waals surface area contributed by atoms with Crippen LogP contribution in [-0.4, -0.2) is 63.5 Å². The van der Waals surface area contributed by atoms with Crippen LogP contribution in [0.5, 0.6) is 5.75 Å². The van der Waals surface area contributed by atoms with E-state index in [2.05, 4.69) is 16.1 Å². The molecule has 240 valence electrons. The second kappa shape index (κ2) is 12.2. The molecule has 9 nitrogen and oxygen atoms in total. The van der Waals surface area contributed by atoms with E-state index in [1.165, 1.54) is 11.6 Å². The summed E-state index contributed by atoms with van der Waals surface area (Å²) in [5.74, 6) is -0.812. The minimum Gasteiger partial charge on any atom is -0.489 e. The third-order valence-electron chi connectivity index (χ3n) is 8.94. The number of hydrogen-bond acceptors (Lipinski definition) is 6. The number of ether oxygens (including phenoxy) is 1. The summed E-state index contributed by atoms with van der Waals surface area (Å²) in [6.07, 6.45) is 2.17. The predicted molar refractivity (Wildman–Crippen MR) is 161 cm³/mol. The minimum absolute atomic E-state index is 0.118. The number of carbonyl (C=O) groups is 1. The van der Waals surface area contributed by atoms with Crippen molar-refractivity contribution in [3.05, 3.63) is 76.2 Å². The molecule has 3 aromatic rings. The number of aryl methyl sites for hydroxylation is 1. The number of alkyl halides is 3. The Kier molecular flexibility index (Phi) is 8.51. The highest BCUT2D eigenvalue weighted by atomic mass is 32.2. The van der Waals surface area contributed by atoms with E-state index in [-0.39, 0.29) is 17.0 Å². The molecular weight excluding hydrogens is 609 g/mol. The molecule has 3 aliphatic rings. The largest absolute Gasteiger partial charge is 0.489 e. The summed E-state index contributed by atoms with van der Waals surface area (Å²) < 4.78 is 75.1. The highest BCUT2D eigenvalue weighted by Gasteiger charge is 2.42. The predicted octanol–water partition coefficient (Wildman–Crippen LogP) is 6.37. The number of pyridine rings is 1. The normalized spacial score (nSPS) is 18.8. The molecule has 0 radical (unpaired) electrons. The van der Waals surface area contributed by atoms with Crippen LogP contribution in [0.3, 0.4) is 0 Å². The van der Waals surface area contributed by atoms with Crippen LogP contribution in [0.15, 0.2) is 48.2 Å². The first-order valence-corrected chi connectivity index (χ1v) is 16.7. The summed E-state index contributed by atoms with van der Waals surface area (Å²) in [6.45, 7) is 3.38. The standard InChI is InChI=1S/C32H35F3N4O5S/c1-20-17-22(21-13-15-38(16-14-21)45(42,43)24-10-11-24)9-12-28(20)44-19-23-5-2-3-6-25(23)27-7-4-8-29(37-27)39-30(32(33,34)35)26(18-36-39)31(40)41/h4,7-9,12,17-18,21,24H,2-3,5-6,10-11,13-16,19H2,1H3,(H,40,41). The molecule has 0 atom stereocenters. The summed E-state index contributed by atoms with van der Waals surface area (Å²) in [6, 6.07) is 10.8. The molecule has 1 aliphatic heterocycles. The Morgan fingerprint density at radius 3 is 2.47 bits per heavy atom. The van der Waals surface area contributed by atoms with Gasteiger partial charge in [-0.3, -0.25) is 0 Å². The van der Waals surface area contributed by atoms with Crippen molar-refractivity contribution in [1.82, 2.24) is 19.1 Å². The maximum Gasteiger partial charge on any atom is 0.434 e. The van der Waals surface area contributed by atoms with Crippen LogP contribution >= 0.6 is 0 Å². The molecule has 0 amide bonds. The second-order valence-electron chi connectivity index (χ2n) is 12.0. The number of rotatable bonds is 9. The molecule has 2 aromatic heterocycles. The van der Waals surface area contributed by atoms with Gasteiger partial charge in [0.1, 0.15) is 17.9 Å². The van der Waals surface area contributed by atoms with E-state index in [0.717, 1.165) is 67.4 Å². The van der Waals surface area contributed by atoms with Crippen LogP contribution < -0.4 is 4.74 Å². The van der Waals surface area contributed by atoms with E-state index in [9.17, 15) is 31.5 Å². The van der Waals surface area contributed by atoms with E-state index in [0.29, 0.717) is 42.7 Å². The summed E-state index contributed by atoms with van der Waals surface area (Å²) in [5.41, 5.74) is 2.26. The van der Waals surface area contributed by atoms with Crippen molar-refractivity contribution in [3.8, 4) is 11.6 Å². The van der Waals surface area contributed by atoms with Crippen molar-refractivity contribution in [3.63, 3.8) is 0 Å². The number of aromatic carboxylic acids is 1. The number of nitrogens with zero attached hydrogens (tertiary/aromatic N) is 4. The number of sulfonamides is 1. The molecule has 13 heteroatoms. The monoisotopic (exact) mass is 644 g/mol. The van der Waals surface area contributed by atoms with Gasteiger partial charge in [-0.1, -0.05) is 18.2 Å². The van der Waals surface area contributed by atoms with Crippen LogP contribution in [0.25, 0.3) is 11.4 Å². The van der Waals surface area contributed by atoms with Crippen molar-refractivity contribution in [2.24, 2.45) is 0 Å². The van der Waals surface area contributed by atoms with Crippen molar-refractivity contribution >= 4 is 21.6 Å². The third kappa shape index (κ3) is 6.51. The fourth-order valence-electron chi connectivity index (χ4n) is 6.37. The molecule has 6 rings (SSSR count). The lowest BCUT2D eigenvalue weighted by molar-refractivity contribution is -0.143. The lowest BCUT2D eigenvalue weighted by atomic mass is 9.89. The lowest BCUT2D eigenvalue weighted by Gasteiger charge is -2.31. The third-order valence-corrected chi connectivity index (χ3v) is 11.3. The number of carboxylic acid groups (broad SMARTS) is 1. The SMILES string of the molecule is Cc1cc(C2CCN(S(=O)(=O)C3CC3)CC2)ccc1OCC1=C(c2cccc(-n3ncc(C(=O)O)c3C(F)(F)F)n2)CCCC1. The van der Waals surface area contributed by atoms with Gasteiger partial charge in [-0.25, -0.2) is 27.2 Å². The number of allylic oxidation sites excluding steroid dienone is 1. The van der Waals surface area contributed by atoms with Crippen LogP contribution in [0.4, 0.5) is 13.2 Å². The average molecular weight is 645 g/mol. The number of hydrogen-bond donors (Lipinski definition) is 1. The van der Waals surface area contributed by atoms with Crippen molar-refractivity contribution in [2.75, 3.05) is 19.7 Å². The van der Waals surface area contributed by atoms with Gasteiger partial charge in [0.15, 0.2) is 11.5 Å². The maximum atomic E-state index is 13.8. The van der Waals surface area contributed by atoms with Gasteiger partial charge in [0, 0.05) is 13.1 Å². The van der Waals surface area contributed by atoms with Gasteiger partial charge in [-0.05, 0) is 105 Å². The number of carboxylic acids is 1. The number of aromatic nitrogens is 3. The smallest absolute Gasteiger partial charge is 0.434 e. The van der Waals surface area contributed by atoms with E-state index in [4.69, 9.17) is 4.74 Å². The van der Waals surface area contributed by atoms with Gasteiger partial charge < -0.3 is 9.84 Å². The van der Waals surface area contributed by atoms with Crippen LogP contribution in [-0.2, 0) is 16.2 Å². The summed E-state index contributed by atoms with van der Waals surface area (Å²) in [5, 5.41) is 12.8. The summed E-state index contributed by atoms with van der Waals surface area (Å²) >= 11 is 0. The van der Waals surface area contributed by atoms with Gasteiger partial charge >= 0.3 is 12.1 Å². The molecule has 1 aromatic carbocycles. The van der Waals surface area contributed by atoms with Crippen LogP contribution in [0.2, 0.25) is 0 Å². The van der Waals surface area contributed by atoms with Crippen molar-refractivity contribution < 1.29 is 36.2 Å². The van der Waals surface area contributed by atoms with Gasteiger partial charge in [-0.2, -0.15) is 18.3 Å². The molecule has 45 heavy (non-hydrogen) atoms. The summed E-state index contributed by atoms with van der Waals surface area (Å²) in [4.78, 5) is 15.9. The Morgan fingerprint density at radius 1 is 1.07 bits per heavy atom. The molecule has 3 heterocycles. The fourth-order valence-corrected chi connectivity index (χ4v) is 8.24. The molecular formula is C32H35F3N4O5S. The van der Waals surface area contributed by atoms with Crippen LogP contribution in [0.1, 0.15) is 90.2 Å². The number of benzene rings is 1. The van der Waals surface area contributed by atoms with Crippen molar-refractivity contribution in [1.29, 1.82) is 0 Å². The number of piperidine rings is 1. The Bertz CT molecular complexity index is 1740. The van der Waals surface area contributed by atoms with E-state index in [1.807, 2.05) is 19.1 Å². The molecule has 2 fully saturated rings. The molecule has 0 unspecified atom stereocenters. The zero-order chi connectivity index (χ0) is 31.9. The zero-order valence-electron chi connectivity index (χ0n) is 24.9. The van der Waals surface area contributed by atoms with Gasteiger partial charge in [0.05, 0.1) is 17.1 Å². The Morgan fingerprint density at radius 2 is 1.80 bits per heavy atom. The molecule has 1 saturated carbocycles. The highest BCUT2D eigenvalue weighted by molar-refractivity contribution is 7.90. The Balaban J connectivity index is 1.18. The van der Waals surface area contributed by atoms with E-state index in [1.54, 1.807) is 16.4 Å². The maximum absolute atomic E-state index is 13.8. The Labute approximate surface area is 259 Å². The van der Waals surface area contributed by atoms with Gasteiger partial charge in [-0.15, -0.1) is 0 Å². The minimum atomic E-state index is -4.94. The topological polar surface area (TPSA) is 115 Å². The quantitative estimate of drug-likeness (QED) is 0.288. The first-order valence-electron chi connectivity index (χ1n) is 15.2. The molecule has 0 bridgehead atoms. The molecule has 0 spiro atoms. The first kappa shape index (κ1) is 31.3. The lowest BCUT2D eigenvalue weighted by Crippen LogP contribution is -2.39. The van der Waals surface area contributed by atoms with E-state index >= 15 is 0 Å². The molecule has 2 aliphatic carbocycles. The van der Waals surface area contributed by atoms with Gasteiger partial charge in [0.2, 0.25) is 10.0 Å². The highest BCUT2D eigenvalue weighted by Crippen LogP contribution is 2.38. The molecule has 1 saturated heterocycles. The Hall–Kier alpha value is -3.71. The summed E-state index contributed by atoms with van der Waals surface area (Å²) in [7, 11) is -3.15.